The van der Waals surface area contributed by atoms with E-state index in [0.29, 0.717) is 0 Å². The second-order valence-corrected chi connectivity index (χ2v) is 3.51. The van der Waals surface area contributed by atoms with Crippen LogP contribution in [-0.4, -0.2) is 29.6 Å². The number of hydrogen-bond donors (Lipinski definition) is 0. The molecule has 0 bridgehead atoms. The Hall–Kier alpha value is -0.700. The molecule has 0 aliphatic rings. The summed E-state index contributed by atoms with van der Waals surface area (Å²) in [6, 6.07) is 0. The summed E-state index contributed by atoms with van der Waals surface area (Å²) in [5, 5.41) is 0. The Balaban J connectivity index is 6.04. The van der Waals surface area contributed by atoms with E-state index in [2.05, 4.69) is 0 Å². The highest BCUT2D eigenvalue weighted by Gasteiger charge is 2.86. The normalized spacial score (nSPS) is 19.1. The third-order valence-corrected chi connectivity index (χ3v) is 1.98. The molecule has 0 aromatic carbocycles. The Labute approximate surface area is 88.6 Å². The van der Waals surface area contributed by atoms with E-state index < -0.39 is 43.5 Å². The van der Waals surface area contributed by atoms with Crippen LogP contribution < -0.4 is 0 Å². The van der Waals surface area contributed by atoms with Crippen molar-refractivity contribution in [1.82, 2.24) is 0 Å². The van der Waals surface area contributed by atoms with Gasteiger partial charge in [0.05, 0.1) is 0 Å². The van der Waals surface area contributed by atoms with Crippen LogP contribution in [0.1, 0.15) is 13.8 Å². The molecule has 0 amide bonds. The Kier molecular flexibility index (Phi) is 3.49. The van der Waals surface area contributed by atoms with Gasteiger partial charge in [0.2, 0.25) is 0 Å². The molecule has 0 radical (unpaired) electrons. The maximum absolute atomic E-state index is 13.0. The molecule has 0 rings (SSSR count). The van der Waals surface area contributed by atoms with E-state index in [1.54, 1.807) is 0 Å². The van der Waals surface area contributed by atoms with E-state index in [0.717, 1.165) is 0 Å². The first-order valence-electron chi connectivity index (χ1n) is 3.89. The first kappa shape index (κ1) is 16.3. The summed E-state index contributed by atoms with van der Waals surface area (Å²) in [5.41, 5.74) is -6.66. The Morgan fingerprint density at radius 2 is 0.824 bits per heavy atom. The smallest absolute Gasteiger partial charge is 0.220 e. The van der Waals surface area contributed by atoms with Gasteiger partial charge < -0.3 is 0 Å². The molecular weight excluding hydrogens is 274 g/mol. The van der Waals surface area contributed by atoms with Crippen LogP contribution >= 0.6 is 0 Å². The molecule has 0 aromatic heterocycles. The summed E-state index contributed by atoms with van der Waals surface area (Å²) in [7, 11) is 0. The van der Waals surface area contributed by atoms with E-state index in [-0.39, 0.29) is 0 Å². The average molecular weight is 280 g/mol. The van der Waals surface area contributed by atoms with Gasteiger partial charge in [0, 0.05) is 13.8 Å². The van der Waals surface area contributed by atoms with Gasteiger partial charge in [0.15, 0.2) is 0 Å². The first-order chi connectivity index (χ1) is 7.00. The minimum atomic E-state index is -6.87. The van der Waals surface area contributed by atoms with Crippen molar-refractivity contribution >= 4 is 0 Å². The summed E-state index contributed by atoms with van der Waals surface area (Å²) in [6.45, 7) is -1.63. The highest BCUT2D eigenvalue weighted by atomic mass is 19.4. The molecule has 0 N–H and O–H groups in total. The molecule has 17 heavy (non-hydrogen) atoms. The summed E-state index contributed by atoms with van der Waals surface area (Å²) in [6.07, 6.45) is -6.87. The van der Waals surface area contributed by atoms with Gasteiger partial charge in [-0.2, -0.15) is 22.0 Å². The maximum Gasteiger partial charge on any atom is 0.434 e. The monoisotopic (exact) mass is 280 g/mol. The van der Waals surface area contributed by atoms with Gasteiger partial charge in [-0.3, -0.25) is 0 Å². The minimum Gasteiger partial charge on any atom is -0.220 e. The molecule has 10 heteroatoms. The largest absolute Gasteiger partial charge is 0.434 e. The van der Waals surface area contributed by atoms with E-state index in [9.17, 15) is 43.9 Å². The second kappa shape index (κ2) is 3.64. The lowest BCUT2D eigenvalue weighted by molar-refractivity contribution is -0.396. The number of hydrogen-bond acceptors (Lipinski definition) is 0. The SMILES string of the molecule is CC(F)(F)C(F)(F)C(F)(C(C)(F)F)C(F)(F)F. The fourth-order valence-corrected chi connectivity index (χ4v) is 1.01. The average Bonchev–Trinajstić information content (AvgIpc) is 1.95. The lowest BCUT2D eigenvalue weighted by Crippen LogP contribution is -2.69. The first-order valence-corrected chi connectivity index (χ1v) is 3.89. The van der Waals surface area contributed by atoms with Gasteiger partial charge in [0.1, 0.15) is 0 Å². The van der Waals surface area contributed by atoms with E-state index >= 15 is 0 Å². The standard InChI is InChI=1S/C7H6F10/c1-3(8,9)5(12,7(15,16)17)6(13,14)4(2,10)11/h1-2H3. The highest BCUT2D eigenvalue weighted by Crippen LogP contribution is 2.58. The molecular formula is C7H6F10. The van der Waals surface area contributed by atoms with Crippen molar-refractivity contribution in [2.75, 3.05) is 0 Å². The van der Waals surface area contributed by atoms with Crippen LogP contribution in [0.2, 0.25) is 0 Å². The third kappa shape index (κ3) is 2.17. The van der Waals surface area contributed by atoms with Crippen LogP contribution in [0.3, 0.4) is 0 Å². The van der Waals surface area contributed by atoms with Gasteiger partial charge >= 0.3 is 23.7 Å². The van der Waals surface area contributed by atoms with Crippen molar-refractivity contribution in [3.8, 4) is 0 Å². The molecule has 0 aliphatic heterocycles. The van der Waals surface area contributed by atoms with Gasteiger partial charge in [-0.05, 0) is 0 Å². The van der Waals surface area contributed by atoms with Gasteiger partial charge in [-0.1, -0.05) is 0 Å². The predicted molar refractivity (Wildman–Crippen MR) is 36.1 cm³/mol. The van der Waals surface area contributed by atoms with Gasteiger partial charge in [-0.15, -0.1) is 0 Å². The lowest BCUT2D eigenvalue weighted by atomic mass is 9.87. The lowest BCUT2D eigenvalue weighted by Gasteiger charge is -2.40. The van der Waals surface area contributed by atoms with E-state index in [4.69, 9.17) is 0 Å². The molecule has 1 unspecified atom stereocenters. The minimum absolute atomic E-state index is 0.779. The molecule has 0 nitrogen and oxygen atoms in total. The molecule has 1 atom stereocenters. The Bertz CT molecular complexity index is 263. The van der Waals surface area contributed by atoms with Crippen LogP contribution in [0.4, 0.5) is 43.9 Å². The zero-order valence-corrected chi connectivity index (χ0v) is 8.28. The van der Waals surface area contributed by atoms with Crippen LogP contribution in [-0.2, 0) is 0 Å². The molecule has 0 spiro atoms. The van der Waals surface area contributed by atoms with Crippen molar-refractivity contribution in [3.05, 3.63) is 0 Å². The van der Waals surface area contributed by atoms with E-state index in [1.807, 2.05) is 0 Å². The van der Waals surface area contributed by atoms with E-state index in [1.165, 1.54) is 0 Å². The topological polar surface area (TPSA) is 0 Å². The molecule has 104 valence electrons. The zero-order valence-electron chi connectivity index (χ0n) is 8.28. The number of rotatable bonds is 3. The molecule has 0 saturated heterocycles. The summed E-state index contributed by atoms with van der Waals surface area (Å²) < 4.78 is 123. The molecule has 0 aromatic rings. The molecule has 0 aliphatic carbocycles. The second-order valence-electron chi connectivity index (χ2n) is 3.51. The van der Waals surface area contributed by atoms with Crippen molar-refractivity contribution in [2.45, 2.75) is 43.5 Å². The van der Waals surface area contributed by atoms with Crippen LogP contribution in [0, 0.1) is 0 Å². The summed E-state index contributed by atoms with van der Waals surface area (Å²) >= 11 is 0. The summed E-state index contributed by atoms with van der Waals surface area (Å²) in [4.78, 5) is 0. The van der Waals surface area contributed by atoms with Crippen LogP contribution in [0.5, 0.6) is 0 Å². The van der Waals surface area contributed by atoms with Gasteiger partial charge in [-0.25, -0.2) is 22.0 Å². The summed E-state index contributed by atoms with van der Waals surface area (Å²) in [5.74, 6) is -18.0. The van der Waals surface area contributed by atoms with Crippen LogP contribution in [0.25, 0.3) is 0 Å². The Morgan fingerprint density at radius 1 is 0.529 bits per heavy atom. The predicted octanol–water partition coefficient (Wildman–Crippen LogP) is 4.20. The fraction of sp³-hybridized carbons (Fsp3) is 1.00. The highest BCUT2D eigenvalue weighted by molar-refractivity contribution is 5.11. The molecule has 0 heterocycles. The maximum atomic E-state index is 13.0. The molecule has 0 saturated carbocycles. The fourth-order valence-electron chi connectivity index (χ4n) is 1.01. The van der Waals surface area contributed by atoms with Crippen molar-refractivity contribution in [1.29, 1.82) is 0 Å². The van der Waals surface area contributed by atoms with Gasteiger partial charge in [0.25, 0.3) is 5.92 Å². The van der Waals surface area contributed by atoms with Crippen molar-refractivity contribution < 1.29 is 43.9 Å². The quantitative estimate of drug-likeness (QED) is 0.679. The Morgan fingerprint density at radius 3 is 0.882 bits per heavy atom. The van der Waals surface area contributed by atoms with Crippen LogP contribution in [0.15, 0.2) is 0 Å². The van der Waals surface area contributed by atoms with Crippen molar-refractivity contribution in [2.24, 2.45) is 0 Å². The number of alkyl halides is 10. The number of halogens is 10. The van der Waals surface area contributed by atoms with Crippen molar-refractivity contribution in [3.63, 3.8) is 0 Å². The third-order valence-electron chi connectivity index (χ3n) is 1.98. The molecule has 0 fully saturated rings. The zero-order chi connectivity index (χ0) is 14.5.